The van der Waals surface area contributed by atoms with Gasteiger partial charge in [0, 0.05) is 22.5 Å². The van der Waals surface area contributed by atoms with E-state index in [2.05, 4.69) is 9.47 Å². The molecule has 0 unspecified atom stereocenters. The van der Waals surface area contributed by atoms with Crippen LogP contribution in [-0.2, 0) is 9.47 Å². The summed E-state index contributed by atoms with van der Waals surface area (Å²) in [5, 5.41) is 0. The quantitative estimate of drug-likeness (QED) is 0.658. The molecule has 2 aromatic rings. The monoisotopic (exact) mass is 336 g/mol. The number of nitrogen functional groups attached to an aromatic ring is 2. The van der Waals surface area contributed by atoms with E-state index < -0.39 is 23.6 Å². The summed E-state index contributed by atoms with van der Waals surface area (Å²) in [5.74, 6) is -3.35. The van der Waals surface area contributed by atoms with Crippen LogP contribution in [0.3, 0.4) is 0 Å². The fourth-order valence-electron chi connectivity index (χ4n) is 2.36. The van der Waals surface area contributed by atoms with E-state index in [0.29, 0.717) is 0 Å². The highest BCUT2D eigenvalue weighted by atomic mass is 19.1. The molecule has 126 valence electrons. The van der Waals surface area contributed by atoms with Gasteiger partial charge in [0.15, 0.2) is 0 Å². The van der Waals surface area contributed by atoms with Crippen LogP contribution in [0.1, 0.15) is 20.7 Å². The molecule has 0 aliphatic heterocycles. The molecular formula is C16H14F2N2O4. The van der Waals surface area contributed by atoms with Crippen molar-refractivity contribution in [1.29, 1.82) is 0 Å². The van der Waals surface area contributed by atoms with Crippen molar-refractivity contribution in [2.75, 3.05) is 25.7 Å². The predicted molar refractivity (Wildman–Crippen MR) is 83.3 cm³/mol. The van der Waals surface area contributed by atoms with Crippen molar-refractivity contribution in [3.63, 3.8) is 0 Å². The number of methoxy groups -OCH3 is 2. The van der Waals surface area contributed by atoms with Gasteiger partial charge >= 0.3 is 11.9 Å². The molecule has 0 spiro atoms. The Bertz CT molecular complexity index is 768. The second-order valence-electron chi connectivity index (χ2n) is 4.82. The average molecular weight is 336 g/mol. The van der Waals surface area contributed by atoms with Gasteiger partial charge in [-0.3, -0.25) is 0 Å². The predicted octanol–water partition coefficient (Wildman–Crippen LogP) is 2.37. The molecule has 4 N–H and O–H groups in total. The summed E-state index contributed by atoms with van der Waals surface area (Å²) in [4.78, 5) is 23.9. The Labute approximate surface area is 136 Å². The van der Waals surface area contributed by atoms with E-state index in [0.717, 1.165) is 38.5 Å². The third-order valence-electron chi connectivity index (χ3n) is 3.33. The summed E-state index contributed by atoms with van der Waals surface area (Å²) < 4.78 is 36.5. The van der Waals surface area contributed by atoms with Gasteiger partial charge in [-0.25, -0.2) is 18.4 Å². The van der Waals surface area contributed by atoms with Gasteiger partial charge in [-0.2, -0.15) is 0 Å². The largest absolute Gasteiger partial charge is 0.465 e. The SMILES string of the molecule is COC(=O)c1cc(F)cc(N)c1-c1c(N)cc(F)cc1C(=O)OC. The number of nitrogens with two attached hydrogens (primary N) is 2. The van der Waals surface area contributed by atoms with Gasteiger partial charge in [0.1, 0.15) is 11.6 Å². The number of anilines is 2. The molecule has 0 aliphatic rings. The summed E-state index contributed by atoms with van der Waals surface area (Å²) in [5.41, 5.74) is 10.7. The van der Waals surface area contributed by atoms with E-state index in [9.17, 15) is 18.4 Å². The Kier molecular flexibility index (Phi) is 4.68. The fourth-order valence-corrected chi connectivity index (χ4v) is 2.36. The van der Waals surface area contributed by atoms with Crippen LogP contribution < -0.4 is 11.5 Å². The number of rotatable bonds is 3. The standard InChI is InChI=1S/C16H14F2N2O4/c1-23-15(21)9-3-7(17)5-11(19)13(9)14-10(16(22)24-2)4-8(18)6-12(14)20/h3-6H,19-20H2,1-2H3. The van der Waals surface area contributed by atoms with Crippen molar-refractivity contribution in [3.05, 3.63) is 47.0 Å². The number of hydrogen-bond acceptors (Lipinski definition) is 6. The third-order valence-corrected chi connectivity index (χ3v) is 3.33. The van der Waals surface area contributed by atoms with Crippen molar-refractivity contribution >= 4 is 23.3 Å². The lowest BCUT2D eigenvalue weighted by atomic mass is 9.92. The van der Waals surface area contributed by atoms with E-state index in [4.69, 9.17) is 11.5 Å². The summed E-state index contributed by atoms with van der Waals surface area (Å²) >= 11 is 0. The zero-order chi connectivity index (χ0) is 18.0. The molecule has 0 aliphatic carbocycles. The molecule has 0 amide bonds. The zero-order valence-electron chi connectivity index (χ0n) is 12.9. The number of ether oxygens (including phenoxy) is 2. The maximum atomic E-state index is 13.6. The molecule has 0 fully saturated rings. The topological polar surface area (TPSA) is 105 Å². The lowest BCUT2D eigenvalue weighted by molar-refractivity contribution is 0.0589. The second-order valence-corrected chi connectivity index (χ2v) is 4.82. The van der Waals surface area contributed by atoms with Gasteiger partial charge in [-0.05, 0) is 24.3 Å². The minimum Gasteiger partial charge on any atom is -0.465 e. The van der Waals surface area contributed by atoms with Crippen LogP contribution in [0.15, 0.2) is 24.3 Å². The van der Waals surface area contributed by atoms with Crippen LogP contribution in [0.25, 0.3) is 11.1 Å². The summed E-state index contributed by atoms with van der Waals surface area (Å²) in [7, 11) is 2.20. The van der Waals surface area contributed by atoms with Crippen LogP contribution in [0.5, 0.6) is 0 Å². The number of carbonyl (C=O) groups is 2. The first-order valence-electron chi connectivity index (χ1n) is 6.65. The van der Waals surface area contributed by atoms with Crippen molar-refractivity contribution in [2.45, 2.75) is 0 Å². The van der Waals surface area contributed by atoms with Crippen molar-refractivity contribution < 1.29 is 27.8 Å². The molecule has 2 aromatic carbocycles. The molecule has 8 heteroatoms. The van der Waals surface area contributed by atoms with Crippen molar-refractivity contribution in [1.82, 2.24) is 0 Å². The van der Waals surface area contributed by atoms with Crippen LogP contribution >= 0.6 is 0 Å². The maximum absolute atomic E-state index is 13.6. The Morgan fingerprint density at radius 3 is 1.42 bits per heavy atom. The van der Waals surface area contributed by atoms with Crippen LogP contribution in [0.4, 0.5) is 20.2 Å². The number of halogens is 2. The number of carbonyl (C=O) groups excluding carboxylic acids is 2. The molecule has 0 radical (unpaired) electrons. The fraction of sp³-hybridized carbons (Fsp3) is 0.125. The highest BCUT2D eigenvalue weighted by Crippen LogP contribution is 2.38. The molecule has 0 saturated carbocycles. The highest BCUT2D eigenvalue weighted by molar-refractivity contribution is 6.08. The molecule has 6 nitrogen and oxygen atoms in total. The Balaban J connectivity index is 2.91. The maximum Gasteiger partial charge on any atom is 0.338 e. The van der Waals surface area contributed by atoms with E-state index in [-0.39, 0.29) is 33.6 Å². The Hall–Kier alpha value is -3.16. The van der Waals surface area contributed by atoms with Crippen LogP contribution in [-0.4, -0.2) is 26.2 Å². The molecule has 0 atom stereocenters. The molecule has 0 aromatic heterocycles. The molecule has 0 saturated heterocycles. The average Bonchev–Trinajstić information content (AvgIpc) is 2.53. The Morgan fingerprint density at radius 2 is 1.12 bits per heavy atom. The molecule has 24 heavy (non-hydrogen) atoms. The van der Waals surface area contributed by atoms with Gasteiger partial charge in [0.25, 0.3) is 0 Å². The first-order valence-corrected chi connectivity index (χ1v) is 6.65. The van der Waals surface area contributed by atoms with Gasteiger partial charge in [0.05, 0.1) is 25.3 Å². The number of hydrogen-bond donors (Lipinski definition) is 2. The number of esters is 2. The molecular weight excluding hydrogens is 322 g/mol. The summed E-state index contributed by atoms with van der Waals surface area (Å²) in [6, 6.07) is 3.68. The van der Waals surface area contributed by atoms with Crippen LogP contribution in [0, 0.1) is 11.6 Å². The van der Waals surface area contributed by atoms with E-state index >= 15 is 0 Å². The van der Waals surface area contributed by atoms with E-state index in [1.165, 1.54) is 0 Å². The normalized spacial score (nSPS) is 10.3. The van der Waals surface area contributed by atoms with Gasteiger partial charge < -0.3 is 20.9 Å². The van der Waals surface area contributed by atoms with Gasteiger partial charge in [-0.15, -0.1) is 0 Å². The first kappa shape index (κ1) is 17.2. The lowest BCUT2D eigenvalue weighted by Crippen LogP contribution is -2.12. The van der Waals surface area contributed by atoms with Crippen molar-refractivity contribution in [3.8, 4) is 11.1 Å². The highest BCUT2D eigenvalue weighted by Gasteiger charge is 2.25. The van der Waals surface area contributed by atoms with Crippen LogP contribution in [0.2, 0.25) is 0 Å². The smallest absolute Gasteiger partial charge is 0.338 e. The lowest BCUT2D eigenvalue weighted by Gasteiger charge is -2.16. The van der Waals surface area contributed by atoms with Crippen molar-refractivity contribution in [2.24, 2.45) is 0 Å². The van der Waals surface area contributed by atoms with E-state index in [1.807, 2.05) is 0 Å². The van der Waals surface area contributed by atoms with E-state index in [1.54, 1.807) is 0 Å². The minimum atomic E-state index is -0.893. The minimum absolute atomic E-state index is 0.0406. The zero-order valence-corrected chi connectivity index (χ0v) is 12.9. The summed E-state index contributed by atoms with van der Waals surface area (Å²) in [6.07, 6.45) is 0. The summed E-state index contributed by atoms with van der Waals surface area (Å²) in [6.45, 7) is 0. The third kappa shape index (κ3) is 2.98. The molecule has 0 bridgehead atoms. The van der Waals surface area contributed by atoms with Gasteiger partial charge in [0.2, 0.25) is 0 Å². The molecule has 2 rings (SSSR count). The second kappa shape index (κ2) is 6.53. The number of benzene rings is 2. The van der Waals surface area contributed by atoms with Gasteiger partial charge in [-0.1, -0.05) is 0 Å². The first-order chi connectivity index (χ1) is 11.3. The molecule has 0 heterocycles. The Morgan fingerprint density at radius 1 is 0.792 bits per heavy atom.